The Morgan fingerprint density at radius 2 is 1.67 bits per heavy atom. The summed E-state index contributed by atoms with van der Waals surface area (Å²) in [6, 6.07) is 8.57. The summed E-state index contributed by atoms with van der Waals surface area (Å²) in [6.07, 6.45) is 0.275. The van der Waals surface area contributed by atoms with Crippen molar-refractivity contribution >= 4 is 5.69 Å². The van der Waals surface area contributed by atoms with Gasteiger partial charge < -0.3 is 19.7 Å². The molecule has 4 heteroatoms. The number of methoxy groups -OCH3 is 2. The van der Waals surface area contributed by atoms with E-state index in [4.69, 9.17) is 9.47 Å². The van der Waals surface area contributed by atoms with E-state index in [0.717, 1.165) is 19.6 Å². The van der Waals surface area contributed by atoms with Crippen LogP contribution in [0.5, 0.6) is 0 Å². The molecule has 2 unspecified atom stereocenters. The molecule has 1 aliphatic heterocycles. The molecule has 0 aliphatic carbocycles. The van der Waals surface area contributed by atoms with Crippen molar-refractivity contribution in [3.8, 4) is 0 Å². The van der Waals surface area contributed by atoms with Crippen LogP contribution in [0.3, 0.4) is 0 Å². The van der Waals surface area contributed by atoms with Gasteiger partial charge >= 0.3 is 0 Å². The first-order chi connectivity index (χ1) is 9.94. The van der Waals surface area contributed by atoms with E-state index >= 15 is 0 Å². The maximum atomic E-state index is 5.54. The van der Waals surface area contributed by atoms with Crippen molar-refractivity contribution in [3.05, 3.63) is 29.8 Å². The summed E-state index contributed by atoms with van der Waals surface area (Å²) in [6.45, 7) is 9.18. The van der Waals surface area contributed by atoms with Crippen molar-refractivity contribution in [1.29, 1.82) is 0 Å². The molecular weight excluding hydrogens is 264 g/mol. The topological polar surface area (TPSA) is 33.7 Å². The number of ether oxygens (including phenoxy) is 2. The molecule has 0 amide bonds. The Hall–Kier alpha value is -1.10. The zero-order valence-corrected chi connectivity index (χ0v) is 13.8. The molecule has 2 atom stereocenters. The Morgan fingerprint density at radius 1 is 1.10 bits per heavy atom. The Labute approximate surface area is 128 Å². The monoisotopic (exact) mass is 292 g/mol. The molecule has 0 spiro atoms. The maximum Gasteiger partial charge on any atom is 0.102 e. The summed E-state index contributed by atoms with van der Waals surface area (Å²) in [5.41, 5.74) is 2.71. The zero-order valence-electron chi connectivity index (χ0n) is 13.8. The average Bonchev–Trinajstić information content (AvgIpc) is 2.87. The fourth-order valence-corrected chi connectivity index (χ4v) is 2.72. The van der Waals surface area contributed by atoms with Crippen molar-refractivity contribution in [3.63, 3.8) is 0 Å². The number of nitrogens with zero attached hydrogens (tertiary/aromatic N) is 1. The molecular formula is C17H28N2O2. The summed E-state index contributed by atoms with van der Waals surface area (Å²) >= 11 is 0. The van der Waals surface area contributed by atoms with Crippen molar-refractivity contribution in [2.24, 2.45) is 0 Å². The largest absolute Gasteiger partial charge is 0.377 e. The van der Waals surface area contributed by atoms with Gasteiger partial charge in [0.1, 0.15) is 12.2 Å². The second-order valence-corrected chi connectivity index (χ2v) is 6.69. The van der Waals surface area contributed by atoms with E-state index in [0.29, 0.717) is 0 Å². The highest BCUT2D eigenvalue weighted by Gasteiger charge is 2.33. The third kappa shape index (κ3) is 4.19. The summed E-state index contributed by atoms with van der Waals surface area (Å²) in [7, 11) is 3.51. The molecule has 1 aromatic carbocycles. The average molecular weight is 292 g/mol. The van der Waals surface area contributed by atoms with Gasteiger partial charge in [-0.3, -0.25) is 0 Å². The van der Waals surface area contributed by atoms with Gasteiger partial charge in [-0.2, -0.15) is 0 Å². The summed E-state index contributed by atoms with van der Waals surface area (Å²) in [5.74, 6) is 0. The second-order valence-electron chi connectivity index (χ2n) is 6.69. The first-order valence-corrected chi connectivity index (χ1v) is 7.58. The fraction of sp³-hybridized carbons (Fsp3) is 0.647. The summed E-state index contributed by atoms with van der Waals surface area (Å²) in [4.78, 5) is 2.36. The van der Waals surface area contributed by atoms with E-state index in [1.54, 1.807) is 14.2 Å². The van der Waals surface area contributed by atoms with Crippen molar-refractivity contribution in [1.82, 2.24) is 5.32 Å². The molecule has 1 fully saturated rings. The van der Waals surface area contributed by atoms with E-state index in [-0.39, 0.29) is 17.7 Å². The lowest BCUT2D eigenvalue weighted by Gasteiger charge is -2.25. The van der Waals surface area contributed by atoms with Gasteiger partial charge in [-0.25, -0.2) is 0 Å². The molecule has 4 nitrogen and oxygen atoms in total. The smallest absolute Gasteiger partial charge is 0.102 e. The Kier molecular flexibility index (Phi) is 5.25. The molecule has 1 aromatic rings. The van der Waals surface area contributed by atoms with Gasteiger partial charge in [-0.15, -0.1) is 0 Å². The maximum absolute atomic E-state index is 5.54. The highest BCUT2D eigenvalue weighted by Crippen LogP contribution is 2.27. The quantitative estimate of drug-likeness (QED) is 0.904. The van der Waals surface area contributed by atoms with Crippen LogP contribution >= 0.6 is 0 Å². The van der Waals surface area contributed by atoms with Crippen molar-refractivity contribution in [2.45, 2.75) is 45.1 Å². The number of benzene rings is 1. The first-order valence-electron chi connectivity index (χ1n) is 7.58. The van der Waals surface area contributed by atoms with Crippen LogP contribution in [-0.2, 0) is 16.0 Å². The lowest BCUT2D eigenvalue weighted by atomic mass is 10.1. The number of hydrogen-bond donors (Lipinski definition) is 1. The molecule has 1 aliphatic rings. The van der Waals surface area contributed by atoms with Crippen LogP contribution in [0.4, 0.5) is 5.69 Å². The minimum atomic E-state index is 0.113. The van der Waals surface area contributed by atoms with Gasteiger partial charge in [0, 0.05) is 45.1 Å². The van der Waals surface area contributed by atoms with Crippen LogP contribution in [0, 0.1) is 0 Å². The van der Waals surface area contributed by atoms with Crippen molar-refractivity contribution < 1.29 is 9.47 Å². The molecule has 2 rings (SSSR count). The third-order valence-electron chi connectivity index (χ3n) is 3.96. The molecule has 118 valence electrons. The Balaban J connectivity index is 2.13. The number of nitrogens with one attached hydrogen (secondary N) is 1. The van der Waals surface area contributed by atoms with Gasteiger partial charge in [-0.1, -0.05) is 18.2 Å². The van der Waals surface area contributed by atoms with Crippen LogP contribution in [-0.4, -0.2) is 45.1 Å². The molecule has 1 saturated heterocycles. The summed E-state index contributed by atoms with van der Waals surface area (Å²) in [5, 5.41) is 3.56. The Bertz CT molecular complexity index is 444. The predicted octanol–water partition coefficient (Wildman–Crippen LogP) is 2.42. The van der Waals surface area contributed by atoms with Crippen LogP contribution in [0.2, 0.25) is 0 Å². The second kappa shape index (κ2) is 6.77. The van der Waals surface area contributed by atoms with E-state index in [1.165, 1.54) is 11.3 Å². The van der Waals surface area contributed by atoms with Crippen LogP contribution in [0.1, 0.15) is 26.3 Å². The molecule has 0 saturated carbocycles. The number of rotatable bonds is 5. The first kappa shape index (κ1) is 16.3. The molecule has 0 radical (unpaired) electrons. The lowest BCUT2D eigenvalue weighted by molar-refractivity contribution is -0.00461. The molecule has 1 N–H and O–H groups in total. The molecule has 1 heterocycles. The Morgan fingerprint density at radius 3 is 2.19 bits per heavy atom. The lowest BCUT2D eigenvalue weighted by Crippen LogP contribution is -2.35. The van der Waals surface area contributed by atoms with E-state index in [2.05, 4.69) is 55.3 Å². The van der Waals surface area contributed by atoms with Gasteiger partial charge in [0.2, 0.25) is 0 Å². The number of para-hydroxylation sites is 1. The van der Waals surface area contributed by atoms with E-state index in [9.17, 15) is 0 Å². The normalized spacial score (nSPS) is 22.8. The van der Waals surface area contributed by atoms with Crippen LogP contribution < -0.4 is 10.2 Å². The van der Waals surface area contributed by atoms with Gasteiger partial charge in [0.15, 0.2) is 0 Å². The molecule has 0 aromatic heterocycles. The van der Waals surface area contributed by atoms with E-state index in [1.807, 2.05) is 0 Å². The third-order valence-corrected chi connectivity index (χ3v) is 3.96. The molecule has 21 heavy (non-hydrogen) atoms. The van der Waals surface area contributed by atoms with Gasteiger partial charge in [0.25, 0.3) is 0 Å². The van der Waals surface area contributed by atoms with Crippen LogP contribution in [0.25, 0.3) is 0 Å². The van der Waals surface area contributed by atoms with Gasteiger partial charge in [-0.05, 0) is 32.4 Å². The van der Waals surface area contributed by atoms with E-state index < -0.39 is 0 Å². The predicted molar refractivity (Wildman–Crippen MR) is 86.8 cm³/mol. The number of anilines is 1. The standard InChI is InChI=1S/C17H28N2O2/c1-17(2,3)18-10-13-8-6-7-9-14(13)19-11-15(20-4)16(12-19)21-5/h6-9,15-16,18H,10-12H2,1-5H3. The zero-order chi connectivity index (χ0) is 15.5. The number of hydrogen-bond acceptors (Lipinski definition) is 4. The minimum Gasteiger partial charge on any atom is -0.377 e. The van der Waals surface area contributed by atoms with Gasteiger partial charge in [0.05, 0.1) is 0 Å². The minimum absolute atomic E-state index is 0.113. The summed E-state index contributed by atoms with van der Waals surface area (Å²) < 4.78 is 11.1. The SMILES string of the molecule is COC1CN(c2ccccc2CNC(C)(C)C)CC1OC. The highest BCUT2D eigenvalue weighted by atomic mass is 16.5. The van der Waals surface area contributed by atoms with Crippen molar-refractivity contribution in [2.75, 3.05) is 32.2 Å². The molecule has 0 bridgehead atoms. The highest BCUT2D eigenvalue weighted by molar-refractivity contribution is 5.55. The fourth-order valence-electron chi connectivity index (χ4n) is 2.72. The van der Waals surface area contributed by atoms with Crippen LogP contribution in [0.15, 0.2) is 24.3 Å².